The number of ether oxygens (including phenoxy) is 2. The Morgan fingerprint density at radius 1 is 1.17 bits per heavy atom. The first-order chi connectivity index (χ1) is 11.2. The quantitative estimate of drug-likeness (QED) is 0.872. The summed E-state index contributed by atoms with van der Waals surface area (Å²) in [4.78, 5) is 13.0. The van der Waals surface area contributed by atoms with E-state index in [1.54, 1.807) is 7.11 Å². The second-order valence-corrected chi connectivity index (χ2v) is 6.85. The number of carbonyl (C=O) groups excluding carboxylic acids is 1. The van der Waals surface area contributed by atoms with E-state index in [4.69, 9.17) is 9.47 Å². The normalized spacial score (nSPS) is 34.4. The standard InChI is InChI=1S/C19H18O4/c1-22-10-4-5-11(9-2-3-9)12(8-10)15-18(20)16-13-6-7-14(23-13)17(16)19(15)21/h4-9,13-14,16-17,20H,2-3H2,1H3/t13-,14+,16?,17?/m0/s1. The van der Waals surface area contributed by atoms with Gasteiger partial charge in [0.25, 0.3) is 0 Å². The summed E-state index contributed by atoms with van der Waals surface area (Å²) in [6.45, 7) is 0. The number of fused-ring (bicyclic) bond motifs is 5. The van der Waals surface area contributed by atoms with Crippen molar-refractivity contribution in [1.82, 2.24) is 0 Å². The Hall–Kier alpha value is -2.07. The van der Waals surface area contributed by atoms with Gasteiger partial charge in [-0.15, -0.1) is 0 Å². The number of methoxy groups -OCH3 is 1. The van der Waals surface area contributed by atoms with E-state index >= 15 is 0 Å². The number of hydrogen-bond donors (Lipinski definition) is 1. The molecule has 1 saturated heterocycles. The molecule has 1 aromatic carbocycles. The number of Topliss-reactive ketones (excluding diaryl/α,β-unsaturated/α-hetero) is 1. The average Bonchev–Trinajstić information content (AvgIpc) is 3.11. The van der Waals surface area contributed by atoms with E-state index in [0.717, 1.165) is 24.0 Å². The molecule has 2 aliphatic carbocycles. The molecule has 2 fully saturated rings. The third kappa shape index (κ3) is 1.73. The maximum Gasteiger partial charge on any atom is 0.173 e. The minimum absolute atomic E-state index is 0.0134. The Morgan fingerprint density at radius 3 is 2.57 bits per heavy atom. The summed E-state index contributed by atoms with van der Waals surface area (Å²) >= 11 is 0. The molecular weight excluding hydrogens is 292 g/mol. The van der Waals surface area contributed by atoms with Crippen LogP contribution < -0.4 is 4.74 Å². The minimum Gasteiger partial charge on any atom is -0.511 e. The number of aliphatic hydroxyl groups excluding tert-OH is 1. The van der Waals surface area contributed by atoms with Gasteiger partial charge in [0.1, 0.15) is 11.5 Å². The smallest absolute Gasteiger partial charge is 0.173 e. The Morgan fingerprint density at radius 2 is 1.91 bits per heavy atom. The predicted octanol–water partition coefficient (Wildman–Crippen LogP) is 2.99. The number of ketones is 1. The Balaban J connectivity index is 1.66. The molecule has 2 bridgehead atoms. The lowest BCUT2D eigenvalue weighted by atomic mass is 9.84. The van der Waals surface area contributed by atoms with E-state index in [-0.39, 0.29) is 35.6 Å². The van der Waals surface area contributed by atoms with Crippen molar-refractivity contribution in [1.29, 1.82) is 0 Å². The molecule has 1 N–H and O–H groups in total. The molecule has 0 aromatic heterocycles. The van der Waals surface area contributed by atoms with Crippen molar-refractivity contribution in [2.75, 3.05) is 7.11 Å². The van der Waals surface area contributed by atoms with Crippen molar-refractivity contribution in [3.63, 3.8) is 0 Å². The van der Waals surface area contributed by atoms with Gasteiger partial charge in [0.2, 0.25) is 0 Å². The molecule has 2 heterocycles. The summed E-state index contributed by atoms with van der Waals surface area (Å²) in [5.74, 6) is 0.943. The lowest BCUT2D eigenvalue weighted by Gasteiger charge is -2.15. The molecule has 118 valence electrons. The molecular formula is C19H18O4. The highest BCUT2D eigenvalue weighted by Gasteiger charge is 2.57. The SMILES string of the molecule is COc1ccc(C2CC2)c(C2=C(O)C3C(C2=O)[C@H]2C=C[C@@H]3O2)c1. The zero-order valence-electron chi connectivity index (χ0n) is 12.9. The molecule has 5 rings (SSSR count). The highest BCUT2D eigenvalue weighted by molar-refractivity contribution is 6.25. The van der Waals surface area contributed by atoms with Gasteiger partial charge in [0, 0.05) is 0 Å². The van der Waals surface area contributed by atoms with Gasteiger partial charge < -0.3 is 14.6 Å². The van der Waals surface area contributed by atoms with Crippen molar-refractivity contribution < 1.29 is 19.4 Å². The molecule has 1 saturated carbocycles. The second kappa shape index (κ2) is 4.48. The number of hydrogen-bond acceptors (Lipinski definition) is 4. The van der Waals surface area contributed by atoms with Crippen molar-refractivity contribution in [3.05, 3.63) is 47.2 Å². The summed E-state index contributed by atoms with van der Waals surface area (Å²) < 4.78 is 11.1. The van der Waals surface area contributed by atoms with E-state index in [2.05, 4.69) is 0 Å². The van der Waals surface area contributed by atoms with Crippen molar-refractivity contribution in [3.8, 4) is 5.75 Å². The number of benzene rings is 1. The molecule has 2 unspecified atom stereocenters. The molecule has 23 heavy (non-hydrogen) atoms. The van der Waals surface area contributed by atoms with Crippen molar-refractivity contribution in [2.45, 2.75) is 31.0 Å². The summed E-state index contributed by atoms with van der Waals surface area (Å²) in [7, 11) is 1.62. The van der Waals surface area contributed by atoms with Crippen LogP contribution in [-0.2, 0) is 9.53 Å². The Labute approximate surface area is 134 Å². The number of aliphatic hydroxyl groups is 1. The van der Waals surface area contributed by atoms with Crippen LogP contribution in [0.1, 0.15) is 29.9 Å². The van der Waals surface area contributed by atoms with Gasteiger partial charge >= 0.3 is 0 Å². The van der Waals surface area contributed by atoms with Crippen LogP contribution in [-0.4, -0.2) is 30.2 Å². The van der Waals surface area contributed by atoms with Gasteiger partial charge in [0.05, 0.1) is 36.7 Å². The fraction of sp³-hybridized carbons (Fsp3) is 0.421. The molecule has 1 aromatic rings. The fourth-order valence-electron chi connectivity index (χ4n) is 4.31. The van der Waals surface area contributed by atoms with Crippen LogP contribution in [0.15, 0.2) is 36.1 Å². The van der Waals surface area contributed by atoms with Crippen LogP contribution in [0.5, 0.6) is 5.75 Å². The van der Waals surface area contributed by atoms with E-state index in [0.29, 0.717) is 17.2 Å². The molecule has 4 atom stereocenters. The average molecular weight is 310 g/mol. The number of rotatable bonds is 3. The predicted molar refractivity (Wildman–Crippen MR) is 84.3 cm³/mol. The molecule has 4 heteroatoms. The summed E-state index contributed by atoms with van der Waals surface area (Å²) in [5, 5.41) is 10.8. The lowest BCUT2D eigenvalue weighted by molar-refractivity contribution is -0.118. The lowest BCUT2D eigenvalue weighted by Crippen LogP contribution is -2.26. The molecule has 2 aliphatic heterocycles. The number of allylic oxidation sites excluding steroid dienone is 1. The largest absolute Gasteiger partial charge is 0.511 e. The maximum atomic E-state index is 13.0. The van der Waals surface area contributed by atoms with Crippen LogP contribution in [0.4, 0.5) is 0 Å². The van der Waals surface area contributed by atoms with Crippen molar-refractivity contribution in [2.24, 2.45) is 11.8 Å². The molecule has 4 aliphatic rings. The Bertz CT molecular complexity index is 772. The van der Waals surface area contributed by atoms with Crippen molar-refractivity contribution >= 4 is 11.4 Å². The topological polar surface area (TPSA) is 55.8 Å². The Kier molecular flexibility index (Phi) is 2.61. The minimum atomic E-state index is -0.266. The highest BCUT2D eigenvalue weighted by atomic mass is 16.5. The fourth-order valence-corrected chi connectivity index (χ4v) is 4.31. The second-order valence-electron chi connectivity index (χ2n) is 6.85. The van der Waals surface area contributed by atoms with Gasteiger partial charge in [-0.2, -0.15) is 0 Å². The monoisotopic (exact) mass is 310 g/mol. The van der Waals surface area contributed by atoms with Gasteiger partial charge in [-0.1, -0.05) is 18.2 Å². The van der Waals surface area contributed by atoms with Crippen LogP contribution in [0.25, 0.3) is 5.57 Å². The summed E-state index contributed by atoms with van der Waals surface area (Å²) in [6.07, 6.45) is 5.85. The van der Waals surface area contributed by atoms with E-state index in [1.807, 2.05) is 30.4 Å². The molecule has 0 radical (unpaired) electrons. The van der Waals surface area contributed by atoms with Crippen LogP contribution in [0.2, 0.25) is 0 Å². The maximum absolute atomic E-state index is 13.0. The molecule has 0 amide bonds. The summed E-state index contributed by atoms with van der Waals surface area (Å²) in [6, 6.07) is 5.87. The molecule has 0 spiro atoms. The van der Waals surface area contributed by atoms with E-state index < -0.39 is 0 Å². The van der Waals surface area contributed by atoms with Crippen LogP contribution in [0, 0.1) is 11.8 Å². The van der Waals surface area contributed by atoms with Gasteiger partial charge in [-0.05, 0) is 42.0 Å². The summed E-state index contributed by atoms with van der Waals surface area (Å²) in [5.41, 5.74) is 2.49. The van der Waals surface area contributed by atoms with Crippen LogP contribution in [0.3, 0.4) is 0 Å². The first-order valence-electron chi connectivity index (χ1n) is 8.18. The highest BCUT2D eigenvalue weighted by Crippen LogP contribution is 2.53. The van der Waals surface area contributed by atoms with Gasteiger partial charge in [-0.3, -0.25) is 4.79 Å². The zero-order valence-corrected chi connectivity index (χ0v) is 12.9. The zero-order chi connectivity index (χ0) is 15.7. The van der Waals surface area contributed by atoms with E-state index in [1.165, 1.54) is 0 Å². The van der Waals surface area contributed by atoms with E-state index in [9.17, 15) is 9.90 Å². The van der Waals surface area contributed by atoms with Gasteiger partial charge in [0.15, 0.2) is 5.78 Å². The van der Waals surface area contributed by atoms with Gasteiger partial charge in [-0.25, -0.2) is 0 Å². The third-order valence-corrected chi connectivity index (χ3v) is 5.57. The molecule has 4 nitrogen and oxygen atoms in total. The first-order valence-corrected chi connectivity index (χ1v) is 8.18. The third-order valence-electron chi connectivity index (χ3n) is 5.57. The number of carbonyl (C=O) groups is 1. The van der Waals surface area contributed by atoms with Crippen LogP contribution >= 0.6 is 0 Å². The first kappa shape index (κ1) is 13.4.